The largest absolute Gasteiger partial charge is 0.368 e. The van der Waals surface area contributed by atoms with Crippen molar-refractivity contribution in [1.29, 1.82) is 0 Å². The van der Waals surface area contributed by atoms with Crippen LogP contribution in [0.1, 0.15) is 95.9 Å². The molecule has 2 heterocycles. The number of amides is 6. The SMILES string of the molecule is CN(C)[C@@H](CC(C)(C)C)C(=O)N1Cc2ccccc2C[C@H]1C(=O)NCC(=O)NCCCC[C@H](NC(=O)[C@@H]1Cc2ccccc2CN1C(=O)[C@H](CC(C)(C)C)N(C)C)C(N)=O. The molecule has 0 spiro atoms. The van der Waals surface area contributed by atoms with Gasteiger partial charge in [-0.25, -0.2) is 0 Å². The van der Waals surface area contributed by atoms with E-state index in [1.165, 1.54) is 0 Å². The summed E-state index contributed by atoms with van der Waals surface area (Å²) in [6.07, 6.45) is 3.07. The number of nitrogens with zero attached hydrogens (tertiary/aromatic N) is 4. The van der Waals surface area contributed by atoms with Gasteiger partial charge in [0.25, 0.3) is 0 Å². The molecule has 0 aliphatic carbocycles. The zero-order valence-corrected chi connectivity index (χ0v) is 37.6. The van der Waals surface area contributed by atoms with E-state index >= 15 is 0 Å². The summed E-state index contributed by atoms with van der Waals surface area (Å²) in [6, 6.07) is 12.1. The second kappa shape index (κ2) is 20.6. The van der Waals surface area contributed by atoms with Crippen molar-refractivity contribution in [3.05, 3.63) is 70.8 Å². The maximum absolute atomic E-state index is 14.1. The minimum atomic E-state index is -0.970. The molecular formula is C46H70N8O6. The van der Waals surface area contributed by atoms with E-state index in [-0.39, 0.29) is 54.6 Å². The standard InChI is InChI=1S/C46H70N8O6/c1-45(2,3)25-37(51(7)8)43(59)53-28-32-19-13-11-17-30(32)23-35(53)41(57)49-27-39(55)48-22-16-15-21-34(40(47)56)50-42(58)36-24-31-18-12-14-20-33(31)29-54(36)44(60)38(52(9)10)26-46(4,5)6/h11-14,17-20,34-38H,15-16,21-29H2,1-10H3,(H2,47,56)(H,48,55)(H,49,57)(H,50,58)/t34-,35-,36-,37-,38-/m0/s1. The molecule has 14 heteroatoms. The van der Waals surface area contributed by atoms with Crippen LogP contribution in [-0.2, 0) is 54.7 Å². The molecule has 2 aromatic carbocycles. The number of benzene rings is 2. The van der Waals surface area contributed by atoms with Crippen LogP contribution in [0.2, 0.25) is 0 Å². The van der Waals surface area contributed by atoms with Gasteiger partial charge in [-0.1, -0.05) is 90.1 Å². The molecule has 2 aromatic rings. The molecule has 0 bridgehead atoms. The molecule has 0 unspecified atom stereocenters. The van der Waals surface area contributed by atoms with Crippen LogP contribution in [-0.4, -0.2) is 127 Å². The van der Waals surface area contributed by atoms with Gasteiger partial charge in [0.15, 0.2) is 0 Å². The fourth-order valence-corrected chi connectivity index (χ4v) is 8.10. The van der Waals surface area contributed by atoms with Crippen molar-refractivity contribution >= 4 is 35.4 Å². The van der Waals surface area contributed by atoms with Gasteiger partial charge in [0.1, 0.15) is 18.1 Å². The van der Waals surface area contributed by atoms with Crippen LogP contribution < -0.4 is 21.7 Å². The van der Waals surface area contributed by atoms with Gasteiger partial charge in [-0.05, 0) is 93.4 Å². The Morgan fingerprint density at radius 2 is 1.10 bits per heavy atom. The van der Waals surface area contributed by atoms with Crippen molar-refractivity contribution in [3.8, 4) is 0 Å². The Balaban J connectivity index is 1.31. The predicted molar refractivity (Wildman–Crippen MR) is 233 cm³/mol. The van der Waals surface area contributed by atoms with Gasteiger partial charge in [0.2, 0.25) is 35.4 Å². The summed E-state index contributed by atoms with van der Waals surface area (Å²) in [5, 5.41) is 8.41. The van der Waals surface area contributed by atoms with E-state index in [1.54, 1.807) is 9.80 Å². The van der Waals surface area contributed by atoms with Crippen LogP contribution >= 0.6 is 0 Å². The van der Waals surface area contributed by atoms with Gasteiger partial charge in [-0.2, -0.15) is 0 Å². The van der Waals surface area contributed by atoms with E-state index < -0.39 is 47.9 Å². The van der Waals surface area contributed by atoms with Crippen LogP contribution in [0.3, 0.4) is 0 Å². The number of carbonyl (C=O) groups excluding carboxylic acids is 6. The zero-order chi connectivity index (χ0) is 44.5. The third kappa shape index (κ3) is 13.3. The summed E-state index contributed by atoms with van der Waals surface area (Å²) in [4.78, 5) is 88.3. The second-order valence-corrected chi connectivity index (χ2v) is 19.4. The Morgan fingerprint density at radius 1 is 0.667 bits per heavy atom. The van der Waals surface area contributed by atoms with Gasteiger partial charge < -0.3 is 31.5 Å². The first kappa shape index (κ1) is 47.9. The van der Waals surface area contributed by atoms with Crippen LogP contribution in [0.15, 0.2) is 48.5 Å². The Hall–Kier alpha value is -4.82. The monoisotopic (exact) mass is 831 g/mol. The molecule has 0 saturated heterocycles. The number of nitrogens with two attached hydrogens (primary N) is 1. The van der Waals surface area contributed by atoms with Crippen molar-refractivity contribution in [2.24, 2.45) is 16.6 Å². The minimum Gasteiger partial charge on any atom is -0.368 e. The smallest absolute Gasteiger partial charge is 0.243 e. The summed E-state index contributed by atoms with van der Waals surface area (Å²) in [7, 11) is 7.48. The number of unbranched alkanes of at least 4 members (excludes halogenated alkanes) is 1. The van der Waals surface area contributed by atoms with Gasteiger partial charge in [-0.3, -0.25) is 38.6 Å². The van der Waals surface area contributed by atoms with E-state index in [0.717, 1.165) is 22.3 Å². The number of likely N-dealkylation sites (N-methyl/N-ethyl adjacent to an activating group) is 2. The Bertz CT molecular complexity index is 1850. The van der Waals surface area contributed by atoms with Crippen molar-refractivity contribution in [1.82, 2.24) is 35.6 Å². The lowest BCUT2D eigenvalue weighted by molar-refractivity contribution is -0.146. The first-order valence-corrected chi connectivity index (χ1v) is 21.3. The Morgan fingerprint density at radius 3 is 1.52 bits per heavy atom. The molecule has 0 saturated carbocycles. The maximum Gasteiger partial charge on any atom is 0.243 e. The molecule has 5 atom stereocenters. The topological polar surface area (TPSA) is 177 Å². The zero-order valence-electron chi connectivity index (χ0n) is 37.6. The molecule has 60 heavy (non-hydrogen) atoms. The first-order valence-electron chi connectivity index (χ1n) is 21.3. The van der Waals surface area contributed by atoms with Crippen LogP contribution in [0, 0.1) is 10.8 Å². The van der Waals surface area contributed by atoms with Crippen LogP contribution in [0.5, 0.6) is 0 Å². The minimum absolute atomic E-state index is 0.114. The van der Waals surface area contributed by atoms with Crippen molar-refractivity contribution in [2.45, 2.75) is 130 Å². The Labute approximate surface area is 357 Å². The quantitative estimate of drug-likeness (QED) is 0.176. The van der Waals surface area contributed by atoms with E-state index in [4.69, 9.17) is 5.73 Å². The summed E-state index contributed by atoms with van der Waals surface area (Å²) in [5.41, 5.74) is 9.49. The van der Waals surface area contributed by atoms with Gasteiger partial charge >= 0.3 is 0 Å². The highest BCUT2D eigenvalue weighted by Gasteiger charge is 2.41. The number of hydrogen-bond acceptors (Lipinski definition) is 8. The molecule has 330 valence electrons. The van der Waals surface area contributed by atoms with Crippen LogP contribution in [0.4, 0.5) is 0 Å². The number of rotatable bonds is 17. The lowest BCUT2D eigenvalue weighted by atomic mass is 9.86. The highest BCUT2D eigenvalue weighted by molar-refractivity contribution is 5.94. The van der Waals surface area contributed by atoms with Crippen LogP contribution in [0.25, 0.3) is 0 Å². The summed E-state index contributed by atoms with van der Waals surface area (Å²) < 4.78 is 0. The summed E-state index contributed by atoms with van der Waals surface area (Å²) in [6.45, 7) is 13.1. The molecular weight excluding hydrogens is 761 g/mol. The average Bonchev–Trinajstić information content (AvgIpc) is 3.17. The lowest BCUT2D eigenvalue weighted by Gasteiger charge is -2.40. The number of nitrogens with one attached hydrogen (secondary N) is 3. The summed E-state index contributed by atoms with van der Waals surface area (Å²) in [5.74, 6) is -2.17. The van der Waals surface area contributed by atoms with Crippen molar-refractivity contribution in [3.63, 3.8) is 0 Å². The molecule has 4 rings (SSSR count). The van der Waals surface area contributed by atoms with E-state index in [1.807, 2.05) is 86.5 Å². The molecule has 0 fully saturated rings. The van der Waals surface area contributed by atoms with Crippen molar-refractivity contribution < 1.29 is 28.8 Å². The van der Waals surface area contributed by atoms with E-state index in [2.05, 4.69) is 57.5 Å². The first-order chi connectivity index (χ1) is 28.1. The summed E-state index contributed by atoms with van der Waals surface area (Å²) >= 11 is 0. The number of primary amides is 1. The third-order valence-corrected chi connectivity index (χ3v) is 11.4. The highest BCUT2D eigenvalue weighted by Crippen LogP contribution is 2.30. The third-order valence-electron chi connectivity index (χ3n) is 11.4. The maximum atomic E-state index is 14.1. The van der Waals surface area contributed by atoms with E-state index in [9.17, 15) is 28.8 Å². The lowest BCUT2D eigenvalue weighted by Crippen LogP contribution is -2.59. The van der Waals surface area contributed by atoms with E-state index in [0.29, 0.717) is 45.1 Å². The Kier molecular flexibility index (Phi) is 16.5. The molecule has 5 N–H and O–H groups in total. The average molecular weight is 831 g/mol. The number of hydrogen-bond donors (Lipinski definition) is 4. The van der Waals surface area contributed by atoms with Gasteiger partial charge in [0, 0.05) is 32.5 Å². The van der Waals surface area contributed by atoms with Crippen molar-refractivity contribution in [2.75, 3.05) is 41.3 Å². The number of fused-ring (bicyclic) bond motifs is 2. The fraction of sp³-hybridized carbons (Fsp3) is 0.609. The second-order valence-electron chi connectivity index (χ2n) is 19.4. The fourth-order valence-electron chi connectivity index (χ4n) is 8.10. The normalized spacial score (nSPS) is 18.2. The highest BCUT2D eigenvalue weighted by atomic mass is 16.2. The number of carbonyl (C=O) groups is 6. The molecule has 2 aliphatic heterocycles. The molecule has 2 aliphatic rings. The van der Waals surface area contributed by atoms with Gasteiger partial charge in [-0.15, -0.1) is 0 Å². The molecule has 6 amide bonds. The predicted octanol–water partition coefficient (Wildman–Crippen LogP) is 3.00. The van der Waals surface area contributed by atoms with Gasteiger partial charge in [0.05, 0.1) is 18.6 Å². The molecule has 0 radical (unpaired) electrons. The molecule has 0 aromatic heterocycles. The molecule has 14 nitrogen and oxygen atoms in total.